The number of anilines is 1. The van der Waals surface area contributed by atoms with Crippen LogP contribution in [0, 0.1) is 0 Å². The highest BCUT2D eigenvalue weighted by atomic mass is 32.2. The summed E-state index contributed by atoms with van der Waals surface area (Å²) in [7, 11) is 0. The van der Waals surface area contributed by atoms with Gasteiger partial charge in [-0.2, -0.15) is 0 Å². The van der Waals surface area contributed by atoms with Gasteiger partial charge in [0.15, 0.2) is 0 Å². The Morgan fingerprint density at radius 2 is 2.13 bits per heavy atom. The molecule has 1 aliphatic rings. The van der Waals surface area contributed by atoms with Gasteiger partial charge in [0.2, 0.25) is 0 Å². The van der Waals surface area contributed by atoms with Gasteiger partial charge in [-0.3, -0.25) is 14.5 Å². The van der Waals surface area contributed by atoms with Crippen molar-refractivity contribution in [3.05, 3.63) is 24.3 Å². The number of nitrogens with one attached hydrogen (secondary N) is 2. The van der Waals surface area contributed by atoms with E-state index in [4.69, 9.17) is 0 Å². The van der Waals surface area contributed by atoms with Gasteiger partial charge in [-0.15, -0.1) is 11.8 Å². The van der Waals surface area contributed by atoms with Crippen LogP contribution in [0.1, 0.15) is 26.2 Å². The molecule has 1 aromatic rings. The minimum atomic E-state index is -0.616. The Bertz CT molecular complexity index is 550. The lowest BCUT2D eigenvalue weighted by atomic mass is 10.0. The lowest BCUT2D eigenvalue weighted by molar-refractivity contribution is -0.136. The summed E-state index contributed by atoms with van der Waals surface area (Å²) in [5, 5.41) is 5.34. The highest BCUT2D eigenvalue weighted by Gasteiger charge is 2.19. The first-order chi connectivity index (χ1) is 11.1. The summed E-state index contributed by atoms with van der Waals surface area (Å²) < 4.78 is 0. The maximum absolute atomic E-state index is 11.9. The Morgan fingerprint density at radius 3 is 2.87 bits per heavy atom. The second kappa shape index (κ2) is 8.93. The van der Waals surface area contributed by atoms with Crippen LogP contribution in [-0.4, -0.2) is 48.6 Å². The molecule has 0 bridgehead atoms. The molecule has 1 atom stereocenters. The molecule has 5 nitrogen and oxygen atoms in total. The Hall–Kier alpha value is -1.53. The third-order valence-corrected chi connectivity index (χ3v) is 4.88. The fourth-order valence-electron chi connectivity index (χ4n) is 2.77. The highest BCUT2D eigenvalue weighted by molar-refractivity contribution is 7.98. The van der Waals surface area contributed by atoms with E-state index in [-0.39, 0.29) is 0 Å². The van der Waals surface area contributed by atoms with Gasteiger partial charge in [-0.1, -0.05) is 12.5 Å². The Balaban J connectivity index is 1.75. The van der Waals surface area contributed by atoms with Gasteiger partial charge in [-0.25, -0.2) is 0 Å². The molecule has 126 valence electrons. The van der Waals surface area contributed by atoms with E-state index in [0.717, 1.165) is 18.0 Å². The van der Waals surface area contributed by atoms with E-state index >= 15 is 0 Å². The summed E-state index contributed by atoms with van der Waals surface area (Å²) in [4.78, 5) is 27.2. The smallest absolute Gasteiger partial charge is 0.313 e. The zero-order valence-electron chi connectivity index (χ0n) is 13.8. The summed E-state index contributed by atoms with van der Waals surface area (Å²) in [6.07, 6.45) is 5.67. The van der Waals surface area contributed by atoms with Gasteiger partial charge in [-0.05, 0) is 50.8 Å². The first-order valence-electron chi connectivity index (χ1n) is 8.07. The van der Waals surface area contributed by atoms with E-state index in [1.165, 1.54) is 19.3 Å². The van der Waals surface area contributed by atoms with Crippen molar-refractivity contribution >= 4 is 29.3 Å². The van der Waals surface area contributed by atoms with E-state index in [1.54, 1.807) is 17.8 Å². The minimum Gasteiger partial charge on any atom is -0.347 e. The maximum atomic E-state index is 11.9. The monoisotopic (exact) mass is 335 g/mol. The molecule has 23 heavy (non-hydrogen) atoms. The second-order valence-corrected chi connectivity index (χ2v) is 6.70. The quantitative estimate of drug-likeness (QED) is 0.640. The molecule has 2 amide bonds. The number of amides is 2. The minimum absolute atomic E-state index is 0.501. The number of hydrogen-bond acceptors (Lipinski definition) is 4. The number of piperidine rings is 1. The summed E-state index contributed by atoms with van der Waals surface area (Å²) >= 11 is 1.59. The number of carbonyl (C=O) groups is 2. The van der Waals surface area contributed by atoms with Crippen molar-refractivity contribution in [1.29, 1.82) is 0 Å². The molecule has 1 saturated heterocycles. The molecule has 1 unspecified atom stereocenters. The molecule has 1 aromatic carbocycles. The van der Waals surface area contributed by atoms with Crippen molar-refractivity contribution in [3.63, 3.8) is 0 Å². The third-order valence-electron chi connectivity index (χ3n) is 4.16. The molecule has 0 saturated carbocycles. The molecular weight excluding hydrogens is 310 g/mol. The largest absolute Gasteiger partial charge is 0.347 e. The lowest BCUT2D eigenvalue weighted by Crippen LogP contribution is -2.44. The molecule has 0 spiro atoms. The molecule has 1 fully saturated rings. The van der Waals surface area contributed by atoms with Gasteiger partial charge < -0.3 is 10.6 Å². The Morgan fingerprint density at radius 1 is 1.30 bits per heavy atom. The van der Waals surface area contributed by atoms with Crippen LogP contribution in [0.25, 0.3) is 0 Å². The van der Waals surface area contributed by atoms with Crippen LogP contribution in [0.4, 0.5) is 5.69 Å². The average Bonchev–Trinajstić information content (AvgIpc) is 2.56. The van der Waals surface area contributed by atoms with Crippen molar-refractivity contribution in [2.75, 3.05) is 31.2 Å². The van der Waals surface area contributed by atoms with Crippen LogP contribution in [0.3, 0.4) is 0 Å². The van der Waals surface area contributed by atoms with Crippen molar-refractivity contribution < 1.29 is 9.59 Å². The van der Waals surface area contributed by atoms with Crippen LogP contribution in [0.5, 0.6) is 0 Å². The van der Waals surface area contributed by atoms with Gasteiger partial charge in [0.05, 0.1) is 0 Å². The molecular formula is C17H25N3O2S. The predicted octanol–water partition coefficient (Wildman–Crippen LogP) is 2.34. The zero-order valence-corrected chi connectivity index (χ0v) is 14.6. The molecule has 1 heterocycles. The van der Waals surface area contributed by atoms with Crippen LogP contribution in [0.15, 0.2) is 29.2 Å². The van der Waals surface area contributed by atoms with Crippen molar-refractivity contribution in [2.24, 2.45) is 0 Å². The van der Waals surface area contributed by atoms with E-state index in [0.29, 0.717) is 18.3 Å². The first-order valence-corrected chi connectivity index (χ1v) is 9.30. The van der Waals surface area contributed by atoms with Crippen molar-refractivity contribution in [1.82, 2.24) is 10.2 Å². The molecule has 2 rings (SSSR count). The van der Waals surface area contributed by atoms with Crippen LogP contribution in [-0.2, 0) is 9.59 Å². The Kier molecular flexibility index (Phi) is 6.92. The van der Waals surface area contributed by atoms with Crippen molar-refractivity contribution in [2.45, 2.75) is 37.1 Å². The summed E-state index contributed by atoms with van der Waals surface area (Å²) in [5.41, 5.74) is 0.640. The number of benzene rings is 1. The molecule has 0 aromatic heterocycles. The van der Waals surface area contributed by atoms with Crippen molar-refractivity contribution in [3.8, 4) is 0 Å². The number of thioether (sulfide) groups is 1. The molecule has 0 aliphatic carbocycles. The second-order valence-electron chi connectivity index (χ2n) is 5.82. The SMILES string of the molecule is CSc1cccc(NC(=O)C(=O)NCCN2CCCCC2C)c1. The summed E-state index contributed by atoms with van der Waals surface area (Å²) in [6.45, 7) is 4.58. The average molecular weight is 335 g/mol. The van der Waals surface area contributed by atoms with Gasteiger partial charge >= 0.3 is 11.8 Å². The topological polar surface area (TPSA) is 61.4 Å². The zero-order chi connectivity index (χ0) is 16.7. The van der Waals surface area contributed by atoms with Crippen LogP contribution >= 0.6 is 11.8 Å². The third kappa shape index (κ3) is 5.55. The van der Waals surface area contributed by atoms with Gasteiger partial charge in [0.1, 0.15) is 0 Å². The first kappa shape index (κ1) is 17.8. The molecule has 2 N–H and O–H groups in total. The fourth-order valence-corrected chi connectivity index (χ4v) is 3.23. The van der Waals surface area contributed by atoms with E-state index in [2.05, 4.69) is 22.5 Å². The van der Waals surface area contributed by atoms with E-state index in [9.17, 15) is 9.59 Å². The number of nitrogens with zero attached hydrogens (tertiary/aromatic N) is 1. The van der Waals surface area contributed by atoms with Crippen LogP contribution < -0.4 is 10.6 Å². The normalized spacial score (nSPS) is 18.4. The lowest BCUT2D eigenvalue weighted by Gasteiger charge is -2.33. The Labute approximate surface area is 142 Å². The number of carbonyl (C=O) groups excluding carboxylic acids is 2. The molecule has 0 radical (unpaired) electrons. The maximum Gasteiger partial charge on any atom is 0.313 e. The number of rotatable bonds is 5. The van der Waals surface area contributed by atoms with E-state index in [1.807, 2.05) is 24.5 Å². The van der Waals surface area contributed by atoms with Gasteiger partial charge in [0, 0.05) is 29.7 Å². The fraction of sp³-hybridized carbons (Fsp3) is 0.529. The number of likely N-dealkylation sites (tertiary alicyclic amines) is 1. The molecule has 6 heteroatoms. The highest BCUT2D eigenvalue weighted by Crippen LogP contribution is 2.18. The van der Waals surface area contributed by atoms with E-state index < -0.39 is 11.8 Å². The summed E-state index contributed by atoms with van der Waals surface area (Å²) in [5.74, 6) is -1.20. The standard InChI is InChI=1S/C17H25N3O2S/c1-13-6-3-4-10-20(13)11-9-18-16(21)17(22)19-14-7-5-8-15(12-14)23-2/h5,7-8,12-13H,3-4,6,9-11H2,1-2H3,(H,18,21)(H,19,22). The van der Waals surface area contributed by atoms with Crippen LogP contribution in [0.2, 0.25) is 0 Å². The summed E-state index contributed by atoms with van der Waals surface area (Å²) in [6, 6.07) is 8.01. The molecule has 1 aliphatic heterocycles. The number of hydrogen-bond donors (Lipinski definition) is 2. The van der Waals surface area contributed by atoms with Gasteiger partial charge in [0.25, 0.3) is 0 Å². The predicted molar refractivity (Wildman–Crippen MR) is 94.7 cm³/mol.